The summed E-state index contributed by atoms with van der Waals surface area (Å²) >= 11 is 0. The highest BCUT2D eigenvalue weighted by molar-refractivity contribution is 5.76. The first-order chi connectivity index (χ1) is 12.8. The van der Waals surface area contributed by atoms with E-state index in [9.17, 15) is 9.59 Å². The third kappa shape index (κ3) is 5.83. The second-order valence-corrected chi connectivity index (χ2v) is 6.67. The number of benzene rings is 1. The van der Waals surface area contributed by atoms with Gasteiger partial charge in [-0.05, 0) is 31.2 Å². The van der Waals surface area contributed by atoms with Crippen LogP contribution in [-0.4, -0.2) is 56.6 Å². The monoisotopic (exact) mass is 381 g/mol. The molecule has 0 aromatic heterocycles. The summed E-state index contributed by atoms with van der Waals surface area (Å²) in [6, 6.07) is 6.05. The van der Waals surface area contributed by atoms with Crippen LogP contribution in [0.5, 0.6) is 11.5 Å². The fraction of sp³-hybridized carbons (Fsp3) is 0.579. The molecule has 0 amide bonds. The van der Waals surface area contributed by atoms with Gasteiger partial charge in [0.1, 0.15) is 23.6 Å². The van der Waals surface area contributed by atoms with E-state index in [1.54, 1.807) is 52.1 Å². The standard InChI is InChI=1S/C19H27NO7/c1-11(2)18(21)27-17-12(3)25-19(22)15(20)9-24-10-16(17)26-14-7-5-13(23-4)6-8-14/h5-8,11-12,15-17H,9-10,20H2,1-4H3/t12-,15-,16-,17-/m0/s1. The van der Waals surface area contributed by atoms with Gasteiger partial charge >= 0.3 is 11.9 Å². The zero-order valence-corrected chi connectivity index (χ0v) is 16.0. The Labute approximate surface area is 158 Å². The number of esters is 2. The molecule has 27 heavy (non-hydrogen) atoms. The second kappa shape index (κ2) is 9.57. The van der Waals surface area contributed by atoms with Crippen LogP contribution in [0.15, 0.2) is 24.3 Å². The second-order valence-electron chi connectivity index (χ2n) is 6.67. The number of cyclic esters (lactones) is 1. The van der Waals surface area contributed by atoms with Crippen LogP contribution in [0.1, 0.15) is 20.8 Å². The maximum Gasteiger partial charge on any atom is 0.325 e. The number of rotatable bonds is 5. The first-order valence-corrected chi connectivity index (χ1v) is 8.86. The van der Waals surface area contributed by atoms with E-state index in [4.69, 9.17) is 29.4 Å². The number of carbonyl (C=O) groups is 2. The Hall–Kier alpha value is -2.32. The van der Waals surface area contributed by atoms with Crippen LogP contribution in [-0.2, 0) is 23.8 Å². The Morgan fingerprint density at radius 3 is 2.41 bits per heavy atom. The van der Waals surface area contributed by atoms with Crippen molar-refractivity contribution in [1.29, 1.82) is 0 Å². The van der Waals surface area contributed by atoms with Gasteiger partial charge in [0.25, 0.3) is 0 Å². The molecule has 150 valence electrons. The first kappa shape index (κ1) is 21.0. The van der Waals surface area contributed by atoms with Crippen molar-refractivity contribution in [2.24, 2.45) is 11.7 Å². The Kier molecular flexibility index (Phi) is 7.44. The van der Waals surface area contributed by atoms with Crippen LogP contribution in [0.3, 0.4) is 0 Å². The number of methoxy groups -OCH3 is 1. The van der Waals surface area contributed by atoms with Gasteiger partial charge in [0.2, 0.25) is 0 Å². The lowest BCUT2D eigenvalue weighted by Crippen LogP contribution is -2.47. The summed E-state index contributed by atoms with van der Waals surface area (Å²) in [5, 5.41) is 0. The van der Waals surface area contributed by atoms with E-state index in [0.717, 1.165) is 0 Å². The summed E-state index contributed by atoms with van der Waals surface area (Å²) in [6.07, 6.45) is -2.29. The summed E-state index contributed by atoms with van der Waals surface area (Å²) in [7, 11) is 1.57. The predicted molar refractivity (Wildman–Crippen MR) is 96.5 cm³/mol. The molecule has 1 saturated heterocycles. The van der Waals surface area contributed by atoms with Crippen LogP contribution in [0.25, 0.3) is 0 Å². The number of hydrogen-bond acceptors (Lipinski definition) is 8. The number of ether oxygens (including phenoxy) is 5. The van der Waals surface area contributed by atoms with Crippen molar-refractivity contribution < 1.29 is 33.3 Å². The molecule has 1 aliphatic rings. The zero-order valence-electron chi connectivity index (χ0n) is 16.0. The highest BCUT2D eigenvalue weighted by atomic mass is 16.6. The quantitative estimate of drug-likeness (QED) is 0.761. The van der Waals surface area contributed by atoms with Gasteiger partial charge in [-0.3, -0.25) is 9.59 Å². The average Bonchev–Trinajstić information content (AvgIpc) is 2.68. The van der Waals surface area contributed by atoms with Crippen molar-refractivity contribution in [3.8, 4) is 11.5 Å². The van der Waals surface area contributed by atoms with Gasteiger partial charge in [-0.25, -0.2) is 0 Å². The number of nitrogens with two attached hydrogens (primary N) is 1. The molecule has 0 radical (unpaired) electrons. The molecule has 0 bridgehead atoms. The van der Waals surface area contributed by atoms with Crippen molar-refractivity contribution in [1.82, 2.24) is 0 Å². The SMILES string of the molecule is COc1ccc(O[C@H]2COC[C@H](N)C(=O)O[C@@H](C)[C@@H]2OC(=O)C(C)C)cc1. The van der Waals surface area contributed by atoms with Gasteiger partial charge in [0.15, 0.2) is 12.2 Å². The summed E-state index contributed by atoms with van der Waals surface area (Å²) in [6.45, 7) is 5.15. The minimum absolute atomic E-state index is 0.0150. The molecule has 0 unspecified atom stereocenters. The molecule has 8 heteroatoms. The smallest absolute Gasteiger partial charge is 0.325 e. The van der Waals surface area contributed by atoms with E-state index in [0.29, 0.717) is 11.5 Å². The fourth-order valence-electron chi connectivity index (χ4n) is 2.49. The van der Waals surface area contributed by atoms with Crippen LogP contribution in [0.4, 0.5) is 0 Å². The molecule has 1 heterocycles. The molecule has 0 saturated carbocycles. The van der Waals surface area contributed by atoms with Crippen molar-refractivity contribution in [2.75, 3.05) is 20.3 Å². The van der Waals surface area contributed by atoms with Gasteiger partial charge in [-0.15, -0.1) is 0 Å². The molecule has 1 aromatic carbocycles. The highest BCUT2D eigenvalue weighted by Gasteiger charge is 2.37. The van der Waals surface area contributed by atoms with Crippen molar-refractivity contribution >= 4 is 11.9 Å². The Balaban J connectivity index is 2.24. The minimum Gasteiger partial charge on any atom is -0.497 e. The minimum atomic E-state index is -0.909. The fourth-order valence-corrected chi connectivity index (χ4v) is 2.49. The normalized spacial score (nSPS) is 26.4. The molecule has 2 N–H and O–H groups in total. The summed E-state index contributed by atoms with van der Waals surface area (Å²) in [4.78, 5) is 24.2. The van der Waals surface area contributed by atoms with Gasteiger partial charge in [-0.1, -0.05) is 13.8 Å². The van der Waals surface area contributed by atoms with Gasteiger partial charge in [-0.2, -0.15) is 0 Å². The zero-order chi connectivity index (χ0) is 20.0. The van der Waals surface area contributed by atoms with Crippen molar-refractivity contribution in [3.63, 3.8) is 0 Å². The number of carbonyl (C=O) groups excluding carboxylic acids is 2. The lowest BCUT2D eigenvalue weighted by atomic mass is 10.1. The lowest BCUT2D eigenvalue weighted by molar-refractivity contribution is -0.176. The maximum atomic E-state index is 12.2. The molecule has 1 aromatic rings. The van der Waals surface area contributed by atoms with Gasteiger partial charge in [0.05, 0.1) is 26.2 Å². The largest absolute Gasteiger partial charge is 0.497 e. The molecular formula is C19H27NO7. The highest BCUT2D eigenvalue weighted by Crippen LogP contribution is 2.23. The van der Waals surface area contributed by atoms with E-state index in [2.05, 4.69) is 0 Å². The summed E-state index contributed by atoms with van der Waals surface area (Å²) in [5.41, 5.74) is 5.74. The predicted octanol–water partition coefficient (Wildman–Crippen LogP) is 1.30. The van der Waals surface area contributed by atoms with Crippen LogP contribution >= 0.6 is 0 Å². The van der Waals surface area contributed by atoms with E-state index < -0.39 is 36.3 Å². The van der Waals surface area contributed by atoms with Crippen LogP contribution < -0.4 is 15.2 Å². The Morgan fingerprint density at radius 1 is 1.19 bits per heavy atom. The molecule has 4 atom stereocenters. The Morgan fingerprint density at radius 2 is 1.81 bits per heavy atom. The van der Waals surface area contributed by atoms with E-state index in [1.165, 1.54) is 0 Å². The van der Waals surface area contributed by atoms with Crippen LogP contribution in [0.2, 0.25) is 0 Å². The number of hydrogen-bond donors (Lipinski definition) is 1. The van der Waals surface area contributed by atoms with Gasteiger partial charge in [0, 0.05) is 0 Å². The van der Waals surface area contributed by atoms with Crippen molar-refractivity contribution in [2.45, 2.75) is 45.1 Å². The van der Waals surface area contributed by atoms with E-state index >= 15 is 0 Å². The molecular weight excluding hydrogens is 354 g/mol. The van der Waals surface area contributed by atoms with Crippen molar-refractivity contribution in [3.05, 3.63) is 24.3 Å². The molecule has 0 spiro atoms. The average molecular weight is 381 g/mol. The molecule has 0 aliphatic carbocycles. The van der Waals surface area contributed by atoms with Crippen LogP contribution in [0, 0.1) is 5.92 Å². The third-order valence-electron chi connectivity index (χ3n) is 4.08. The molecule has 8 nitrogen and oxygen atoms in total. The topological polar surface area (TPSA) is 106 Å². The Bertz CT molecular complexity index is 631. The lowest BCUT2D eigenvalue weighted by Gasteiger charge is -2.31. The molecule has 1 aliphatic heterocycles. The summed E-state index contributed by atoms with van der Waals surface area (Å²) < 4.78 is 27.6. The maximum absolute atomic E-state index is 12.2. The van der Waals surface area contributed by atoms with Gasteiger partial charge < -0.3 is 29.4 Å². The van der Waals surface area contributed by atoms with E-state index in [1.807, 2.05) is 0 Å². The third-order valence-corrected chi connectivity index (χ3v) is 4.08. The first-order valence-electron chi connectivity index (χ1n) is 8.86. The molecule has 2 rings (SSSR count). The van der Waals surface area contributed by atoms with E-state index in [-0.39, 0.29) is 19.1 Å². The summed E-state index contributed by atoms with van der Waals surface area (Å²) in [5.74, 6) is -0.153. The molecule has 1 fully saturated rings.